The van der Waals surface area contributed by atoms with Crippen LogP contribution in [0.5, 0.6) is 0 Å². The first-order valence-electron chi connectivity index (χ1n) is 6.01. The maximum atomic E-state index is 6.27. The number of nitrogens with two attached hydrogens (primary N) is 1. The quantitative estimate of drug-likeness (QED) is 0.851. The summed E-state index contributed by atoms with van der Waals surface area (Å²) in [4.78, 5) is 0. The number of hydrogen-bond donors (Lipinski definition) is 1. The molecule has 0 aliphatic rings. The Morgan fingerprint density at radius 1 is 1.37 bits per heavy atom. The summed E-state index contributed by atoms with van der Waals surface area (Å²) in [5, 5.41) is 14.1. The SMILES string of the molecule is CCn1nc(C)c(Cl)c1CSc1nnc(CN)n1C. The fourth-order valence-electron chi connectivity index (χ4n) is 1.79. The second-order valence-electron chi connectivity index (χ2n) is 4.11. The molecule has 0 atom stereocenters. The van der Waals surface area contributed by atoms with Crippen molar-refractivity contribution in [3.63, 3.8) is 0 Å². The van der Waals surface area contributed by atoms with E-state index >= 15 is 0 Å². The van der Waals surface area contributed by atoms with Crippen LogP contribution in [0.1, 0.15) is 24.1 Å². The second kappa shape index (κ2) is 5.94. The average Bonchev–Trinajstić information content (AvgIpc) is 2.89. The first-order valence-corrected chi connectivity index (χ1v) is 7.37. The minimum atomic E-state index is 0.386. The molecule has 0 aromatic carbocycles. The van der Waals surface area contributed by atoms with Crippen LogP contribution in [0.15, 0.2) is 5.16 Å². The summed E-state index contributed by atoms with van der Waals surface area (Å²) in [6.07, 6.45) is 0. The van der Waals surface area contributed by atoms with Gasteiger partial charge in [-0.3, -0.25) is 4.68 Å². The van der Waals surface area contributed by atoms with E-state index in [0.717, 1.165) is 33.9 Å². The van der Waals surface area contributed by atoms with Crippen molar-refractivity contribution in [1.29, 1.82) is 0 Å². The molecule has 8 heteroatoms. The van der Waals surface area contributed by atoms with Crippen LogP contribution < -0.4 is 5.73 Å². The predicted molar refractivity (Wildman–Crippen MR) is 76.1 cm³/mol. The third kappa shape index (κ3) is 2.77. The van der Waals surface area contributed by atoms with Crippen LogP contribution in [0.4, 0.5) is 0 Å². The van der Waals surface area contributed by atoms with Gasteiger partial charge in [-0.05, 0) is 13.8 Å². The monoisotopic (exact) mass is 300 g/mol. The van der Waals surface area contributed by atoms with Crippen LogP contribution in [0, 0.1) is 6.92 Å². The Morgan fingerprint density at radius 2 is 2.11 bits per heavy atom. The van der Waals surface area contributed by atoms with Crippen molar-refractivity contribution in [3.05, 3.63) is 22.2 Å². The van der Waals surface area contributed by atoms with Crippen LogP contribution in [-0.2, 0) is 25.9 Å². The number of halogens is 1. The molecule has 104 valence electrons. The number of aromatic nitrogens is 5. The van der Waals surface area contributed by atoms with Crippen molar-refractivity contribution in [2.75, 3.05) is 0 Å². The van der Waals surface area contributed by atoms with E-state index in [0.29, 0.717) is 12.3 Å². The third-order valence-electron chi connectivity index (χ3n) is 2.90. The summed E-state index contributed by atoms with van der Waals surface area (Å²) >= 11 is 7.85. The van der Waals surface area contributed by atoms with Crippen molar-refractivity contribution in [2.24, 2.45) is 12.8 Å². The Morgan fingerprint density at radius 3 is 2.68 bits per heavy atom. The average molecular weight is 301 g/mol. The maximum absolute atomic E-state index is 6.27. The van der Waals surface area contributed by atoms with Gasteiger partial charge < -0.3 is 10.3 Å². The first-order chi connectivity index (χ1) is 9.08. The maximum Gasteiger partial charge on any atom is 0.191 e. The van der Waals surface area contributed by atoms with Gasteiger partial charge in [0, 0.05) is 19.3 Å². The summed E-state index contributed by atoms with van der Waals surface area (Å²) in [6, 6.07) is 0. The summed E-state index contributed by atoms with van der Waals surface area (Å²) in [5.41, 5.74) is 7.45. The molecule has 2 heterocycles. The normalized spacial score (nSPS) is 11.2. The van der Waals surface area contributed by atoms with Crippen molar-refractivity contribution in [2.45, 2.75) is 37.8 Å². The molecule has 0 bridgehead atoms. The number of aryl methyl sites for hydroxylation is 2. The van der Waals surface area contributed by atoms with E-state index in [9.17, 15) is 0 Å². The lowest BCUT2D eigenvalue weighted by atomic mass is 10.4. The lowest BCUT2D eigenvalue weighted by Gasteiger charge is -2.05. The molecule has 0 saturated heterocycles. The lowest BCUT2D eigenvalue weighted by molar-refractivity contribution is 0.631. The summed E-state index contributed by atoms with van der Waals surface area (Å²) in [6.45, 7) is 5.15. The smallest absolute Gasteiger partial charge is 0.191 e. The van der Waals surface area contributed by atoms with Crippen molar-refractivity contribution < 1.29 is 0 Å². The Balaban J connectivity index is 2.16. The molecule has 2 rings (SSSR count). The molecule has 19 heavy (non-hydrogen) atoms. The van der Waals surface area contributed by atoms with Gasteiger partial charge in [0.15, 0.2) is 5.16 Å². The van der Waals surface area contributed by atoms with Crippen molar-refractivity contribution in [3.8, 4) is 0 Å². The fraction of sp³-hybridized carbons (Fsp3) is 0.545. The van der Waals surface area contributed by atoms with Gasteiger partial charge in [0.25, 0.3) is 0 Å². The van der Waals surface area contributed by atoms with Crippen LogP contribution in [0.25, 0.3) is 0 Å². The molecule has 0 unspecified atom stereocenters. The van der Waals surface area contributed by atoms with Gasteiger partial charge in [0.2, 0.25) is 0 Å². The van der Waals surface area contributed by atoms with Gasteiger partial charge in [0.1, 0.15) is 5.82 Å². The van der Waals surface area contributed by atoms with E-state index < -0.39 is 0 Å². The molecule has 2 aromatic rings. The first kappa shape index (κ1) is 14.4. The number of nitrogens with zero attached hydrogens (tertiary/aromatic N) is 5. The summed E-state index contributed by atoms with van der Waals surface area (Å²) in [5.74, 6) is 1.48. The molecule has 2 N–H and O–H groups in total. The van der Waals surface area contributed by atoms with Gasteiger partial charge in [-0.2, -0.15) is 5.10 Å². The number of rotatable bonds is 5. The van der Waals surface area contributed by atoms with Gasteiger partial charge >= 0.3 is 0 Å². The second-order valence-corrected chi connectivity index (χ2v) is 5.43. The zero-order valence-electron chi connectivity index (χ0n) is 11.2. The molecule has 0 aliphatic heterocycles. The van der Waals surface area contributed by atoms with Crippen LogP contribution in [0.2, 0.25) is 5.02 Å². The van der Waals surface area contributed by atoms with Crippen LogP contribution in [0.3, 0.4) is 0 Å². The fourth-order valence-corrected chi connectivity index (χ4v) is 3.03. The largest absolute Gasteiger partial charge is 0.324 e. The van der Waals surface area contributed by atoms with E-state index in [1.807, 2.05) is 30.1 Å². The summed E-state index contributed by atoms with van der Waals surface area (Å²) < 4.78 is 3.82. The minimum Gasteiger partial charge on any atom is -0.324 e. The Kier molecular flexibility index (Phi) is 4.49. The molecule has 6 nitrogen and oxygen atoms in total. The molecule has 0 amide bonds. The van der Waals surface area contributed by atoms with E-state index in [4.69, 9.17) is 17.3 Å². The van der Waals surface area contributed by atoms with E-state index in [-0.39, 0.29) is 0 Å². The van der Waals surface area contributed by atoms with Crippen LogP contribution in [-0.4, -0.2) is 24.5 Å². The molecule has 0 spiro atoms. The number of hydrogen-bond acceptors (Lipinski definition) is 5. The molecule has 0 fully saturated rings. The van der Waals surface area contributed by atoms with Crippen molar-refractivity contribution in [1.82, 2.24) is 24.5 Å². The summed E-state index contributed by atoms with van der Waals surface area (Å²) in [7, 11) is 1.91. The highest BCUT2D eigenvalue weighted by Crippen LogP contribution is 2.27. The highest BCUT2D eigenvalue weighted by molar-refractivity contribution is 7.98. The molecule has 2 aromatic heterocycles. The number of thioether (sulfide) groups is 1. The van der Waals surface area contributed by atoms with Gasteiger partial charge in [-0.15, -0.1) is 10.2 Å². The van der Waals surface area contributed by atoms with E-state index in [1.54, 1.807) is 11.8 Å². The molecule has 0 saturated carbocycles. The molecule has 0 aliphatic carbocycles. The van der Waals surface area contributed by atoms with Gasteiger partial charge in [0.05, 0.1) is 23.0 Å². The molecular formula is C11H17ClN6S. The van der Waals surface area contributed by atoms with Gasteiger partial charge in [-0.25, -0.2) is 0 Å². The Bertz CT molecular complexity index is 576. The predicted octanol–water partition coefficient (Wildman–Crippen LogP) is 1.74. The minimum absolute atomic E-state index is 0.386. The van der Waals surface area contributed by atoms with E-state index in [1.165, 1.54) is 0 Å². The van der Waals surface area contributed by atoms with Crippen LogP contribution >= 0.6 is 23.4 Å². The molecule has 0 radical (unpaired) electrons. The van der Waals surface area contributed by atoms with Gasteiger partial charge in [-0.1, -0.05) is 23.4 Å². The third-order valence-corrected chi connectivity index (χ3v) is 4.42. The highest BCUT2D eigenvalue weighted by atomic mass is 35.5. The molecular weight excluding hydrogens is 284 g/mol. The topological polar surface area (TPSA) is 74.6 Å². The Labute approximate surface area is 121 Å². The van der Waals surface area contributed by atoms with E-state index in [2.05, 4.69) is 15.3 Å². The zero-order valence-corrected chi connectivity index (χ0v) is 12.8. The van der Waals surface area contributed by atoms with Crippen molar-refractivity contribution >= 4 is 23.4 Å². The lowest BCUT2D eigenvalue weighted by Crippen LogP contribution is -2.05. The standard InChI is InChI=1S/C11H17ClN6S/c1-4-18-8(10(12)7(2)16-18)6-19-11-15-14-9(5-13)17(11)3/h4-6,13H2,1-3H3. The zero-order chi connectivity index (χ0) is 14.0. The Hall–Kier alpha value is -1.05. The highest BCUT2D eigenvalue weighted by Gasteiger charge is 2.15.